The van der Waals surface area contributed by atoms with Crippen molar-refractivity contribution >= 4 is 59.3 Å². The average molecular weight is 594 g/mol. The molecule has 0 amide bonds. The highest BCUT2D eigenvalue weighted by molar-refractivity contribution is 7.25. The standard InChI is InChI=1S/C43H31NS/c1-43(2)38-15-9-8-14-35(38)36-24-25-39-41(42(36)43)37-23-22-34(27-40(37)45-39)44(32-12-4-3-5-13-32)33-20-18-29(19-21-33)31-17-16-28-10-6-7-11-30(28)26-31/h3-27H,1-2H3. The Kier molecular flexibility index (Phi) is 5.78. The summed E-state index contributed by atoms with van der Waals surface area (Å²) >= 11 is 1.90. The number of rotatable bonds is 4. The first kappa shape index (κ1) is 26.2. The SMILES string of the molecule is CC1(C)c2ccccc2-c2ccc3sc4cc(N(c5ccccc5)c5ccc(-c6ccc7ccccc7c6)cc5)ccc4c3c21. The van der Waals surface area contributed by atoms with Crippen molar-refractivity contribution in [3.63, 3.8) is 0 Å². The summed E-state index contributed by atoms with van der Waals surface area (Å²) in [4.78, 5) is 2.37. The molecule has 1 aliphatic carbocycles. The van der Waals surface area contributed by atoms with E-state index in [4.69, 9.17) is 0 Å². The van der Waals surface area contributed by atoms with E-state index in [0.717, 1.165) is 17.1 Å². The van der Waals surface area contributed by atoms with E-state index >= 15 is 0 Å². The lowest BCUT2D eigenvalue weighted by atomic mass is 9.80. The third-order valence-electron chi connectivity index (χ3n) is 9.62. The maximum absolute atomic E-state index is 2.38. The Bertz CT molecular complexity index is 2400. The van der Waals surface area contributed by atoms with Gasteiger partial charge in [0.05, 0.1) is 0 Å². The fourth-order valence-corrected chi connectivity index (χ4v) is 8.61. The zero-order valence-corrected chi connectivity index (χ0v) is 26.1. The summed E-state index contributed by atoms with van der Waals surface area (Å²) in [5.74, 6) is 0. The zero-order valence-electron chi connectivity index (χ0n) is 25.3. The smallest absolute Gasteiger partial charge is 0.0476 e. The van der Waals surface area contributed by atoms with Gasteiger partial charge in [-0.1, -0.05) is 117 Å². The van der Waals surface area contributed by atoms with Crippen molar-refractivity contribution in [2.24, 2.45) is 0 Å². The predicted octanol–water partition coefficient (Wildman–Crippen LogP) is 12.7. The first-order chi connectivity index (χ1) is 22.1. The van der Waals surface area contributed by atoms with Crippen LogP contribution in [0.4, 0.5) is 17.1 Å². The minimum atomic E-state index is -0.0407. The van der Waals surface area contributed by atoms with Crippen LogP contribution in [-0.4, -0.2) is 0 Å². The van der Waals surface area contributed by atoms with Crippen LogP contribution in [0, 0.1) is 0 Å². The molecule has 0 aliphatic heterocycles. The van der Waals surface area contributed by atoms with E-state index < -0.39 is 0 Å². The number of anilines is 3. The Balaban J connectivity index is 1.16. The van der Waals surface area contributed by atoms with Crippen LogP contribution in [0.5, 0.6) is 0 Å². The number of hydrogen-bond acceptors (Lipinski definition) is 2. The van der Waals surface area contributed by atoms with Gasteiger partial charge in [0.1, 0.15) is 0 Å². The number of thiophene rings is 1. The molecule has 1 aliphatic rings. The summed E-state index contributed by atoms with van der Waals surface area (Å²) in [6.45, 7) is 4.77. The highest BCUT2D eigenvalue weighted by Crippen LogP contribution is 2.54. The van der Waals surface area contributed by atoms with E-state index in [9.17, 15) is 0 Å². The molecule has 45 heavy (non-hydrogen) atoms. The van der Waals surface area contributed by atoms with E-state index in [1.165, 1.54) is 64.3 Å². The van der Waals surface area contributed by atoms with E-state index in [0.29, 0.717) is 0 Å². The molecule has 1 heterocycles. The lowest BCUT2D eigenvalue weighted by molar-refractivity contribution is 0.667. The average Bonchev–Trinajstić information content (AvgIpc) is 3.57. The van der Waals surface area contributed by atoms with E-state index in [1.807, 2.05) is 11.3 Å². The van der Waals surface area contributed by atoms with Crippen LogP contribution in [0.1, 0.15) is 25.0 Å². The molecule has 9 rings (SSSR count). The number of fused-ring (bicyclic) bond motifs is 8. The lowest BCUT2D eigenvalue weighted by Gasteiger charge is -2.26. The molecule has 0 fully saturated rings. The molecule has 0 N–H and O–H groups in total. The third-order valence-corrected chi connectivity index (χ3v) is 10.7. The normalized spacial score (nSPS) is 13.3. The second kappa shape index (κ2) is 9.92. The largest absolute Gasteiger partial charge is 0.310 e. The van der Waals surface area contributed by atoms with E-state index in [2.05, 4.69) is 170 Å². The van der Waals surface area contributed by atoms with Crippen molar-refractivity contribution in [1.82, 2.24) is 0 Å². The molecular weight excluding hydrogens is 563 g/mol. The molecule has 214 valence electrons. The van der Waals surface area contributed by atoms with Crippen LogP contribution >= 0.6 is 11.3 Å². The van der Waals surface area contributed by atoms with Crippen LogP contribution < -0.4 is 4.90 Å². The van der Waals surface area contributed by atoms with Crippen LogP contribution in [0.15, 0.2) is 152 Å². The van der Waals surface area contributed by atoms with Crippen LogP contribution in [-0.2, 0) is 5.41 Å². The Morgan fingerprint density at radius 1 is 0.489 bits per heavy atom. The summed E-state index contributed by atoms with van der Waals surface area (Å²) in [5.41, 5.74) is 11.5. The molecule has 0 spiro atoms. The van der Waals surface area contributed by atoms with E-state index in [1.54, 1.807) is 0 Å². The molecule has 1 aromatic heterocycles. The van der Waals surface area contributed by atoms with Gasteiger partial charge in [-0.15, -0.1) is 11.3 Å². The number of nitrogens with zero attached hydrogens (tertiary/aromatic N) is 1. The summed E-state index contributed by atoms with van der Waals surface area (Å²) in [7, 11) is 0. The molecule has 0 saturated heterocycles. The first-order valence-corrected chi connectivity index (χ1v) is 16.4. The fraction of sp³-hybridized carbons (Fsp3) is 0.0698. The predicted molar refractivity (Wildman–Crippen MR) is 195 cm³/mol. The second-order valence-corrected chi connectivity index (χ2v) is 13.7. The molecular formula is C43H31NS. The molecule has 0 unspecified atom stereocenters. The highest BCUT2D eigenvalue weighted by atomic mass is 32.1. The van der Waals surface area contributed by atoms with Crippen molar-refractivity contribution in [2.75, 3.05) is 4.90 Å². The van der Waals surface area contributed by atoms with Crippen molar-refractivity contribution in [2.45, 2.75) is 19.3 Å². The van der Waals surface area contributed by atoms with Gasteiger partial charge in [0.15, 0.2) is 0 Å². The Morgan fingerprint density at radius 3 is 2.02 bits per heavy atom. The third kappa shape index (κ3) is 4.06. The zero-order chi connectivity index (χ0) is 30.1. The second-order valence-electron chi connectivity index (χ2n) is 12.6. The molecule has 1 nitrogen and oxygen atoms in total. The Hall–Kier alpha value is -5.18. The number of benzene rings is 7. The van der Waals surface area contributed by atoms with Gasteiger partial charge in [0.2, 0.25) is 0 Å². The summed E-state index contributed by atoms with van der Waals surface area (Å²) in [6.07, 6.45) is 0. The van der Waals surface area contributed by atoms with Crippen molar-refractivity contribution in [3.05, 3.63) is 163 Å². The first-order valence-electron chi connectivity index (χ1n) is 15.6. The van der Waals surface area contributed by atoms with Crippen molar-refractivity contribution in [3.8, 4) is 22.3 Å². The number of para-hydroxylation sites is 1. The van der Waals surface area contributed by atoms with Gasteiger partial charge >= 0.3 is 0 Å². The van der Waals surface area contributed by atoms with Gasteiger partial charge in [-0.25, -0.2) is 0 Å². The van der Waals surface area contributed by atoms with Gasteiger partial charge < -0.3 is 4.90 Å². The Labute approximate surface area is 267 Å². The summed E-state index contributed by atoms with van der Waals surface area (Å²) in [6, 6.07) is 55.6. The Morgan fingerprint density at radius 2 is 1.18 bits per heavy atom. The molecule has 0 atom stereocenters. The fourth-order valence-electron chi connectivity index (χ4n) is 7.46. The molecule has 2 heteroatoms. The van der Waals surface area contributed by atoms with Gasteiger partial charge in [-0.2, -0.15) is 0 Å². The van der Waals surface area contributed by atoms with Crippen LogP contribution in [0.3, 0.4) is 0 Å². The molecule has 0 radical (unpaired) electrons. The molecule has 0 bridgehead atoms. The lowest BCUT2D eigenvalue weighted by Crippen LogP contribution is -2.15. The van der Waals surface area contributed by atoms with Crippen LogP contribution in [0.25, 0.3) is 53.2 Å². The van der Waals surface area contributed by atoms with Gasteiger partial charge in [-0.05, 0) is 92.7 Å². The minimum Gasteiger partial charge on any atom is -0.310 e. The van der Waals surface area contributed by atoms with Gasteiger partial charge in [-0.3, -0.25) is 0 Å². The maximum Gasteiger partial charge on any atom is 0.0476 e. The summed E-state index contributed by atoms with van der Waals surface area (Å²) < 4.78 is 2.67. The van der Waals surface area contributed by atoms with Crippen molar-refractivity contribution < 1.29 is 0 Å². The van der Waals surface area contributed by atoms with Crippen molar-refractivity contribution in [1.29, 1.82) is 0 Å². The molecule has 8 aromatic rings. The monoisotopic (exact) mass is 593 g/mol. The quantitative estimate of drug-likeness (QED) is 0.196. The van der Waals surface area contributed by atoms with E-state index in [-0.39, 0.29) is 5.41 Å². The van der Waals surface area contributed by atoms with Crippen LogP contribution in [0.2, 0.25) is 0 Å². The van der Waals surface area contributed by atoms with Gasteiger partial charge in [0, 0.05) is 42.6 Å². The molecule has 0 saturated carbocycles. The molecule has 7 aromatic carbocycles. The highest BCUT2D eigenvalue weighted by Gasteiger charge is 2.37. The summed E-state index contributed by atoms with van der Waals surface area (Å²) in [5, 5.41) is 5.28. The maximum atomic E-state index is 2.38. The number of hydrogen-bond donors (Lipinski definition) is 0. The topological polar surface area (TPSA) is 3.24 Å². The van der Waals surface area contributed by atoms with Gasteiger partial charge in [0.25, 0.3) is 0 Å². The minimum absolute atomic E-state index is 0.0407.